The molecule has 0 unspecified atom stereocenters. The summed E-state index contributed by atoms with van der Waals surface area (Å²) in [4.78, 5) is 14.6. The zero-order valence-electron chi connectivity index (χ0n) is 10.0. The maximum atomic E-state index is 10.5. The lowest BCUT2D eigenvalue weighted by atomic mass is 10.1. The van der Waals surface area contributed by atoms with Crippen LogP contribution in [-0.2, 0) is 17.8 Å². The van der Waals surface area contributed by atoms with Gasteiger partial charge in [0.1, 0.15) is 22.5 Å². The van der Waals surface area contributed by atoms with E-state index in [1.165, 1.54) is 11.3 Å². The molecule has 0 amide bonds. The largest absolute Gasteiger partial charge is 0.486 e. The minimum atomic E-state index is -0.802. The van der Waals surface area contributed by atoms with E-state index in [9.17, 15) is 4.79 Å². The van der Waals surface area contributed by atoms with Gasteiger partial charge in [-0.05, 0) is 24.1 Å². The molecule has 2 aromatic rings. The first-order chi connectivity index (χ1) is 9.13. The first kappa shape index (κ1) is 13.8. The fourth-order valence-corrected chi connectivity index (χ4v) is 2.39. The van der Waals surface area contributed by atoms with Crippen molar-refractivity contribution in [2.75, 3.05) is 0 Å². The lowest BCUT2D eigenvalue weighted by Gasteiger charge is -2.06. The fraction of sp³-hybridized carbons (Fsp3) is 0.231. The van der Waals surface area contributed by atoms with Gasteiger partial charge in [-0.2, -0.15) is 0 Å². The van der Waals surface area contributed by atoms with E-state index in [1.54, 1.807) is 5.38 Å². The van der Waals surface area contributed by atoms with Crippen LogP contribution in [0.25, 0.3) is 0 Å². The second kappa shape index (κ2) is 6.54. The summed E-state index contributed by atoms with van der Waals surface area (Å²) in [7, 11) is 0. The summed E-state index contributed by atoms with van der Waals surface area (Å²) < 4.78 is 5.59. The third-order valence-electron chi connectivity index (χ3n) is 2.41. The highest BCUT2D eigenvalue weighted by Crippen LogP contribution is 2.19. The first-order valence-electron chi connectivity index (χ1n) is 5.67. The van der Waals surface area contributed by atoms with E-state index in [-0.39, 0.29) is 6.42 Å². The van der Waals surface area contributed by atoms with Crippen molar-refractivity contribution >= 4 is 28.9 Å². The molecule has 0 saturated heterocycles. The normalized spacial score (nSPS) is 10.4. The van der Waals surface area contributed by atoms with Gasteiger partial charge in [-0.1, -0.05) is 23.7 Å². The molecule has 0 aliphatic heterocycles. The number of hydrogen-bond acceptors (Lipinski definition) is 4. The molecule has 2 rings (SSSR count). The van der Waals surface area contributed by atoms with Gasteiger partial charge < -0.3 is 9.84 Å². The predicted molar refractivity (Wildman–Crippen MR) is 73.9 cm³/mol. The monoisotopic (exact) mass is 297 g/mol. The number of carboxylic acid groups (broad SMARTS) is 1. The summed E-state index contributed by atoms with van der Waals surface area (Å²) in [6.07, 6.45) is 0.612. The van der Waals surface area contributed by atoms with Gasteiger partial charge in [0.2, 0.25) is 0 Å². The number of aryl methyl sites for hydroxylation is 1. The summed E-state index contributed by atoms with van der Waals surface area (Å²) in [6, 6.07) is 7.41. The number of halogens is 1. The summed E-state index contributed by atoms with van der Waals surface area (Å²) in [5.41, 5.74) is 0.942. The van der Waals surface area contributed by atoms with Gasteiger partial charge in [0.15, 0.2) is 0 Å². The summed E-state index contributed by atoms with van der Waals surface area (Å²) >= 11 is 7.17. The molecule has 6 heteroatoms. The second-order valence-corrected chi connectivity index (χ2v) is 5.22. The Morgan fingerprint density at radius 1 is 1.47 bits per heavy atom. The molecule has 0 spiro atoms. The summed E-state index contributed by atoms with van der Waals surface area (Å²) in [6.45, 7) is 0.361. The molecule has 100 valence electrons. The Hall–Kier alpha value is -1.59. The van der Waals surface area contributed by atoms with Gasteiger partial charge in [0, 0.05) is 11.8 Å². The molecule has 0 atom stereocenters. The Kier molecular flexibility index (Phi) is 4.76. The van der Waals surface area contributed by atoms with Crippen LogP contribution in [0, 0.1) is 0 Å². The number of aliphatic carboxylic acids is 1. The number of ether oxygens (including phenoxy) is 1. The van der Waals surface area contributed by atoms with Gasteiger partial charge in [0.05, 0.1) is 0 Å². The van der Waals surface area contributed by atoms with Crippen molar-refractivity contribution in [3.63, 3.8) is 0 Å². The van der Waals surface area contributed by atoms with E-state index in [0.717, 1.165) is 10.6 Å². The lowest BCUT2D eigenvalue weighted by molar-refractivity contribution is -0.136. The van der Waals surface area contributed by atoms with Gasteiger partial charge in [-0.15, -0.1) is 11.3 Å². The number of benzene rings is 1. The third kappa shape index (κ3) is 4.54. The molecular weight excluding hydrogens is 286 g/mol. The molecule has 1 N–H and O–H groups in total. The molecule has 19 heavy (non-hydrogen) atoms. The molecule has 0 saturated carbocycles. The molecule has 0 aliphatic carbocycles. The van der Waals surface area contributed by atoms with Crippen LogP contribution < -0.4 is 4.74 Å². The minimum absolute atomic E-state index is 0.117. The molecule has 1 heterocycles. The van der Waals surface area contributed by atoms with Gasteiger partial charge in [0.25, 0.3) is 0 Å². The Morgan fingerprint density at radius 2 is 2.32 bits per heavy atom. The molecule has 0 aliphatic rings. The summed E-state index contributed by atoms with van der Waals surface area (Å²) in [5, 5.41) is 11.7. The number of aromatic nitrogens is 1. The second-order valence-electron chi connectivity index (χ2n) is 3.89. The summed E-state index contributed by atoms with van der Waals surface area (Å²) in [5.74, 6) is -0.0991. The number of thiazole rings is 1. The van der Waals surface area contributed by atoms with Crippen LogP contribution in [0.2, 0.25) is 5.15 Å². The highest BCUT2D eigenvalue weighted by molar-refractivity contribution is 7.10. The molecule has 1 aromatic heterocycles. The van der Waals surface area contributed by atoms with Crippen molar-refractivity contribution in [2.45, 2.75) is 19.4 Å². The Balaban J connectivity index is 1.93. The van der Waals surface area contributed by atoms with E-state index in [4.69, 9.17) is 21.4 Å². The van der Waals surface area contributed by atoms with E-state index in [1.807, 2.05) is 24.3 Å². The van der Waals surface area contributed by atoms with Crippen molar-refractivity contribution in [3.05, 3.63) is 45.4 Å². The van der Waals surface area contributed by atoms with Crippen molar-refractivity contribution in [1.29, 1.82) is 0 Å². The average Bonchev–Trinajstić information content (AvgIpc) is 2.80. The maximum absolute atomic E-state index is 10.5. The SMILES string of the molecule is O=C(O)CCc1cccc(OCc2nc(Cl)cs2)c1. The number of carboxylic acids is 1. The fourth-order valence-electron chi connectivity index (χ4n) is 1.54. The van der Waals surface area contributed by atoms with Gasteiger partial charge in [-0.3, -0.25) is 4.79 Å². The Bertz CT molecular complexity index is 571. The highest BCUT2D eigenvalue weighted by Gasteiger charge is 2.03. The molecule has 0 radical (unpaired) electrons. The zero-order valence-corrected chi connectivity index (χ0v) is 11.6. The standard InChI is InChI=1S/C13H12ClNO3S/c14-11-8-19-12(15-11)7-18-10-3-1-2-9(6-10)4-5-13(16)17/h1-3,6,8H,4-5,7H2,(H,16,17). The Labute approximate surface area is 119 Å². The van der Waals surface area contributed by atoms with Crippen LogP contribution in [0.15, 0.2) is 29.6 Å². The van der Waals surface area contributed by atoms with Crippen molar-refractivity contribution in [2.24, 2.45) is 0 Å². The molecular formula is C13H12ClNO3S. The van der Waals surface area contributed by atoms with Crippen molar-refractivity contribution in [1.82, 2.24) is 4.98 Å². The van der Waals surface area contributed by atoms with Crippen LogP contribution in [0.4, 0.5) is 0 Å². The van der Waals surface area contributed by atoms with Crippen molar-refractivity contribution < 1.29 is 14.6 Å². The third-order valence-corrected chi connectivity index (χ3v) is 3.56. The molecule has 1 aromatic carbocycles. The lowest BCUT2D eigenvalue weighted by Crippen LogP contribution is -1.98. The van der Waals surface area contributed by atoms with Crippen LogP contribution in [0.5, 0.6) is 5.75 Å². The van der Waals surface area contributed by atoms with Crippen LogP contribution in [0.1, 0.15) is 17.0 Å². The molecule has 0 bridgehead atoms. The Morgan fingerprint density at radius 3 is 3.00 bits per heavy atom. The van der Waals surface area contributed by atoms with Gasteiger partial charge in [-0.25, -0.2) is 4.98 Å². The highest BCUT2D eigenvalue weighted by atomic mass is 35.5. The van der Waals surface area contributed by atoms with E-state index < -0.39 is 5.97 Å². The van der Waals surface area contributed by atoms with Crippen LogP contribution in [0.3, 0.4) is 0 Å². The number of rotatable bonds is 6. The van der Waals surface area contributed by atoms with Gasteiger partial charge >= 0.3 is 5.97 Å². The maximum Gasteiger partial charge on any atom is 0.303 e. The van der Waals surface area contributed by atoms with Crippen LogP contribution >= 0.6 is 22.9 Å². The topological polar surface area (TPSA) is 59.4 Å². The number of nitrogens with zero attached hydrogens (tertiary/aromatic N) is 1. The smallest absolute Gasteiger partial charge is 0.303 e. The molecule has 4 nitrogen and oxygen atoms in total. The molecule has 0 fully saturated rings. The predicted octanol–water partition coefficient (Wildman–Crippen LogP) is 3.39. The van der Waals surface area contributed by atoms with E-state index in [2.05, 4.69) is 4.98 Å². The quantitative estimate of drug-likeness (QED) is 0.888. The number of carbonyl (C=O) groups is 1. The van der Waals surface area contributed by atoms with Crippen LogP contribution in [-0.4, -0.2) is 16.1 Å². The van der Waals surface area contributed by atoms with Crippen molar-refractivity contribution in [3.8, 4) is 5.75 Å². The average molecular weight is 298 g/mol. The first-order valence-corrected chi connectivity index (χ1v) is 6.92. The number of hydrogen-bond donors (Lipinski definition) is 1. The zero-order chi connectivity index (χ0) is 13.7. The van der Waals surface area contributed by atoms with E-state index >= 15 is 0 Å². The minimum Gasteiger partial charge on any atom is -0.486 e. The van der Waals surface area contributed by atoms with E-state index in [0.29, 0.717) is 23.9 Å².